The second-order valence-corrected chi connectivity index (χ2v) is 4.18. The predicted octanol–water partition coefficient (Wildman–Crippen LogP) is 2.48. The second kappa shape index (κ2) is 3.84. The van der Waals surface area contributed by atoms with E-state index in [2.05, 4.69) is 4.99 Å². The van der Waals surface area contributed by atoms with Crippen molar-refractivity contribution in [3.8, 4) is 0 Å². The normalized spacial score (nSPS) is 15.6. The van der Waals surface area contributed by atoms with E-state index in [1.54, 1.807) is 6.07 Å². The Morgan fingerprint density at radius 2 is 2.28 bits per heavy atom. The van der Waals surface area contributed by atoms with E-state index >= 15 is 0 Å². The first-order valence-electron chi connectivity index (χ1n) is 5.68. The van der Waals surface area contributed by atoms with Crippen molar-refractivity contribution in [2.75, 3.05) is 12.8 Å². The molecule has 1 heterocycles. The summed E-state index contributed by atoms with van der Waals surface area (Å²) in [6.07, 6.45) is 6.80. The number of nitrogens with two attached hydrogens (primary N) is 1. The standard InChI is InChI=1S/C14H12N2O2/c1-18-14(17)9-6-7-11-12(13(9)15)8-4-2-3-5-10(8)16-11/h2-4,6-7H,5,15H2,1H3. The number of hydrogen-bond acceptors (Lipinski definition) is 4. The summed E-state index contributed by atoms with van der Waals surface area (Å²) in [7, 11) is 1.35. The third kappa shape index (κ3) is 1.39. The molecule has 4 heteroatoms. The minimum absolute atomic E-state index is 0.392. The van der Waals surface area contributed by atoms with E-state index in [-0.39, 0.29) is 0 Å². The van der Waals surface area contributed by atoms with E-state index in [1.807, 2.05) is 24.3 Å². The SMILES string of the molecule is COC(=O)c1ccc2c(c1N)C1=CC=CCC1=N2. The lowest BCUT2D eigenvalue weighted by atomic mass is 9.94. The van der Waals surface area contributed by atoms with Gasteiger partial charge in [0, 0.05) is 17.6 Å². The maximum Gasteiger partial charge on any atom is 0.339 e. The van der Waals surface area contributed by atoms with Gasteiger partial charge < -0.3 is 10.5 Å². The fourth-order valence-electron chi connectivity index (χ4n) is 2.30. The first-order valence-corrected chi connectivity index (χ1v) is 5.68. The van der Waals surface area contributed by atoms with Crippen LogP contribution in [0.1, 0.15) is 22.3 Å². The Morgan fingerprint density at radius 3 is 3.06 bits per heavy atom. The van der Waals surface area contributed by atoms with E-state index in [0.717, 1.165) is 29.0 Å². The molecule has 0 spiro atoms. The summed E-state index contributed by atoms with van der Waals surface area (Å²) in [5.41, 5.74) is 10.6. The molecule has 1 aliphatic carbocycles. The molecule has 0 atom stereocenters. The van der Waals surface area contributed by atoms with E-state index in [4.69, 9.17) is 10.5 Å². The van der Waals surface area contributed by atoms with Crippen molar-refractivity contribution < 1.29 is 9.53 Å². The van der Waals surface area contributed by atoms with Crippen molar-refractivity contribution in [2.24, 2.45) is 4.99 Å². The van der Waals surface area contributed by atoms with Gasteiger partial charge in [-0.3, -0.25) is 4.99 Å². The van der Waals surface area contributed by atoms with Crippen LogP contribution in [0.15, 0.2) is 35.4 Å². The number of carbonyl (C=O) groups is 1. The summed E-state index contributed by atoms with van der Waals surface area (Å²) in [4.78, 5) is 16.1. The zero-order valence-electron chi connectivity index (χ0n) is 9.93. The molecule has 3 rings (SSSR count). The highest BCUT2D eigenvalue weighted by Gasteiger charge is 2.26. The number of rotatable bonds is 1. The van der Waals surface area contributed by atoms with E-state index in [9.17, 15) is 4.79 Å². The molecule has 18 heavy (non-hydrogen) atoms. The Bertz CT molecular complexity index is 639. The number of methoxy groups -OCH3 is 1. The van der Waals surface area contributed by atoms with Crippen LogP contribution in [0.25, 0.3) is 5.57 Å². The first kappa shape index (κ1) is 10.8. The average molecular weight is 240 g/mol. The van der Waals surface area contributed by atoms with Gasteiger partial charge in [-0.15, -0.1) is 0 Å². The van der Waals surface area contributed by atoms with Crippen LogP contribution in [0.5, 0.6) is 0 Å². The molecule has 0 amide bonds. The lowest BCUT2D eigenvalue weighted by Crippen LogP contribution is -2.08. The largest absolute Gasteiger partial charge is 0.465 e. The van der Waals surface area contributed by atoms with Crippen LogP contribution < -0.4 is 5.73 Å². The molecule has 0 fully saturated rings. The number of esters is 1. The number of carbonyl (C=O) groups excluding carboxylic acids is 1. The monoisotopic (exact) mass is 240 g/mol. The molecule has 90 valence electrons. The topological polar surface area (TPSA) is 64.7 Å². The third-order valence-electron chi connectivity index (χ3n) is 3.17. The van der Waals surface area contributed by atoms with Crippen molar-refractivity contribution >= 4 is 28.6 Å². The maximum absolute atomic E-state index is 11.6. The van der Waals surface area contributed by atoms with Gasteiger partial charge in [-0.2, -0.15) is 0 Å². The van der Waals surface area contributed by atoms with Crippen LogP contribution in [-0.2, 0) is 4.74 Å². The second-order valence-electron chi connectivity index (χ2n) is 4.18. The van der Waals surface area contributed by atoms with E-state index in [0.29, 0.717) is 11.3 Å². The molecule has 2 N–H and O–H groups in total. The van der Waals surface area contributed by atoms with Crippen LogP contribution in [0.2, 0.25) is 0 Å². The summed E-state index contributed by atoms with van der Waals surface area (Å²) >= 11 is 0. The highest BCUT2D eigenvalue weighted by atomic mass is 16.5. The van der Waals surface area contributed by atoms with Crippen LogP contribution in [0, 0.1) is 0 Å². The molecule has 2 aliphatic rings. The molecule has 0 unspecified atom stereocenters. The molecule has 0 aromatic heterocycles. The number of nitrogen functional groups attached to an aromatic ring is 1. The van der Waals surface area contributed by atoms with Gasteiger partial charge in [0.2, 0.25) is 0 Å². The number of hydrogen-bond donors (Lipinski definition) is 1. The molecular weight excluding hydrogens is 228 g/mol. The van der Waals surface area contributed by atoms with Crippen LogP contribution in [0.4, 0.5) is 11.4 Å². The van der Waals surface area contributed by atoms with Gasteiger partial charge in [-0.1, -0.05) is 18.2 Å². The quantitative estimate of drug-likeness (QED) is 0.605. The van der Waals surface area contributed by atoms with Gasteiger partial charge in [0.05, 0.1) is 29.8 Å². The minimum Gasteiger partial charge on any atom is -0.465 e. The fraction of sp³-hybridized carbons (Fsp3) is 0.143. The molecule has 0 saturated heterocycles. The maximum atomic E-state index is 11.6. The summed E-state index contributed by atoms with van der Waals surface area (Å²) in [6, 6.07) is 3.47. The number of ether oxygens (including phenoxy) is 1. The van der Waals surface area contributed by atoms with Gasteiger partial charge >= 0.3 is 5.97 Å². The van der Waals surface area contributed by atoms with Gasteiger partial charge in [0.25, 0.3) is 0 Å². The summed E-state index contributed by atoms with van der Waals surface area (Å²) < 4.78 is 4.72. The summed E-state index contributed by atoms with van der Waals surface area (Å²) in [5, 5.41) is 0. The number of benzene rings is 1. The smallest absolute Gasteiger partial charge is 0.339 e. The molecule has 0 radical (unpaired) electrons. The molecule has 1 aliphatic heterocycles. The Kier molecular flexibility index (Phi) is 2.30. The average Bonchev–Trinajstić information content (AvgIpc) is 2.77. The van der Waals surface area contributed by atoms with Gasteiger partial charge in [0.1, 0.15) is 0 Å². The fourth-order valence-corrected chi connectivity index (χ4v) is 2.30. The van der Waals surface area contributed by atoms with E-state index in [1.165, 1.54) is 7.11 Å². The van der Waals surface area contributed by atoms with E-state index < -0.39 is 5.97 Å². The van der Waals surface area contributed by atoms with Crippen molar-refractivity contribution in [3.63, 3.8) is 0 Å². The van der Waals surface area contributed by atoms with Crippen LogP contribution in [-0.4, -0.2) is 18.8 Å². The minimum atomic E-state index is -0.421. The van der Waals surface area contributed by atoms with Crippen molar-refractivity contribution in [2.45, 2.75) is 6.42 Å². The first-order chi connectivity index (χ1) is 8.72. The Balaban J connectivity index is 2.20. The Morgan fingerprint density at radius 1 is 1.44 bits per heavy atom. The molecule has 4 nitrogen and oxygen atoms in total. The number of fused-ring (bicyclic) bond motifs is 3. The van der Waals surface area contributed by atoms with Crippen molar-refractivity contribution in [1.29, 1.82) is 0 Å². The zero-order chi connectivity index (χ0) is 12.7. The molecule has 0 saturated carbocycles. The van der Waals surface area contributed by atoms with Crippen LogP contribution >= 0.6 is 0 Å². The molecule has 1 aromatic rings. The third-order valence-corrected chi connectivity index (χ3v) is 3.17. The lowest BCUT2D eigenvalue weighted by Gasteiger charge is -2.11. The summed E-state index contributed by atoms with van der Waals surface area (Å²) in [6.45, 7) is 0. The van der Waals surface area contributed by atoms with Crippen molar-refractivity contribution in [3.05, 3.63) is 41.5 Å². The number of anilines is 1. The lowest BCUT2D eigenvalue weighted by molar-refractivity contribution is 0.0602. The predicted molar refractivity (Wildman–Crippen MR) is 71.0 cm³/mol. The highest BCUT2D eigenvalue weighted by Crippen LogP contribution is 2.42. The van der Waals surface area contributed by atoms with Gasteiger partial charge in [-0.05, 0) is 12.1 Å². The zero-order valence-corrected chi connectivity index (χ0v) is 9.93. The van der Waals surface area contributed by atoms with Gasteiger partial charge in [-0.25, -0.2) is 4.79 Å². The number of allylic oxidation sites excluding steroid dienone is 4. The number of aliphatic imine (C=N–C) groups is 1. The van der Waals surface area contributed by atoms with Crippen molar-refractivity contribution in [1.82, 2.24) is 0 Å². The Hall–Kier alpha value is -2.36. The van der Waals surface area contributed by atoms with Crippen LogP contribution in [0.3, 0.4) is 0 Å². The molecule has 0 bridgehead atoms. The van der Waals surface area contributed by atoms with Gasteiger partial charge in [0.15, 0.2) is 0 Å². The molecular formula is C14H12N2O2. The molecule has 1 aromatic carbocycles. The highest BCUT2D eigenvalue weighted by molar-refractivity contribution is 6.32. The Labute approximate surface area is 104 Å². The summed E-state index contributed by atoms with van der Waals surface area (Å²) in [5.74, 6) is -0.421. The number of nitrogens with zero attached hydrogens (tertiary/aromatic N) is 1.